The quantitative estimate of drug-likeness (QED) is 0.606. The molecule has 0 saturated carbocycles. The lowest BCUT2D eigenvalue weighted by molar-refractivity contribution is 0.409. The first-order valence-electron chi connectivity index (χ1n) is 5.68. The summed E-state index contributed by atoms with van der Waals surface area (Å²) < 4.78 is 0. The summed E-state index contributed by atoms with van der Waals surface area (Å²) in [4.78, 5) is 0. The second-order valence-corrected chi connectivity index (χ2v) is 3.80. The molecule has 0 aliphatic carbocycles. The molecule has 0 aliphatic rings. The van der Waals surface area contributed by atoms with Crippen molar-refractivity contribution in [3.8, 4) is 0 Å². The molecular formula is C11H26N2. The Morgan fingerprint density at radius 3 is 2.08 bits per heavy atom. The van der Waals surface area contributed by atoms with E-state index in [4.69, 9.17) is 0 Å². The molecule has 2 nitrogen and oxygen atoms in total. The van der Waals surface area contributed by atoms with Crippen LogP contribution in [0.3, 0.4) is 0 Å². The van der Waals surface area contributed by atoms with Gasteiger partial charge in [-0.2, -0.15) is 0 Å². The van der Waals surface area contributed by atoms with Crippen molar-refractivity contribution in [1.82, 2.24) is 10.6 Å². The summed E-state index contributed by atoms with van der Waals surface area (Å²) in [5, 5.41) is 6.90. The topological polar surface area (TPSA) is 24.1 Å². The van der Waals surface area contributed by atoms with E-state index in [0.29, 0.717) is 6.04 Å². The molecule has 80 valence electrons. The maximum atomic E-state index is 3.56. The molecule has 0 amide bonds. The summed E-state index contributed by atoms with van der Waals surface area (Å²) in [5.41, 5.74) is 0. The zero-order valence-corrected chi connectivity index (χ0v) is 9.69. The third-order valence-corrected chi connectivity index (χ3v) is 2.61. The van der Waals surface area contributed by atoms with Gasteiger partial charge in [-0.1, -0.05) is 33.6 Å². The summed E-state index contributed by atoms with van der Waals surface area (Å²) in [6.45, 7) is 12.2. The molecule has 0 spiro atoms. The first-order chi connectivity index (χ1) is 6.24. The number of likely N-dealkylation sites (N-methyl/N-ethyl adjacent to an activating group) is 1. The molecule has 2 heteroatoms. The van der Waals surface area contributed by atoms with Crippen LogP contribution in [-0.2, 0) is 0 Å². The molecule has 0 rings (SSSR count). The number of rotatable bonds is 8. The van der Waals surface area contributed by atoms with E-state index in [-0.39, 0.29) is 0 Å². The standard InChI is InChI=1S/C11H26N2/c1-5-11(6-2)9-13-10(4)8-12-7-3/h10-13H,5-9H2,1-4H3. The Morgan fingerprint density at radius 2 is 1.62 bits per heavy atom. The van der Waals surface area contributed by atoms with Crippen LogP contribution < -0.4 is 10.6 Å². The Hall–Kier alpha value is -0.0800. The number of hydrogen-bond acceptors (Lipinski definition) is 2. The van der Waals surface area contributed by atoms with Crippen LogP contribution in [0, 0.1) is 5.92 Å². The molecular weight excluding hydrogens is 160 g/mol. The van der Waals surface area contributed by atoms with E-state index >= 15 is 0 Å². The molecule has 1 unspecified atom stereocenters. The summed E-state index contributed by atoms with van der Waals surface area (Å²) >= 11 is 0. The van der Waals surface area contributed by atoms with Crippen molar-refractivity contribution in [1.29, 1.82) is 0 Å². The minimum Gasteiger partial charge on any atom is -0.315 e. The highest BCUT2D eigenvalue weighted by molar-refractivity contribution is 4.66. The van der Waals surface area contributed by atoms with Crippen molar-refractivity contribution in [2.75, 3.05) is 19.6 Å². The van der Waals surface area contributed by atoms with Gasteiger partial charge < -0.3 is 10.6 Å². The average molecular weight is 186 g/mol. The van der Waals surface area contributed by atoms with Crippen LogP contribution >= 0.6 is 0 Å². The average Bonchev–Trinajstić information content (AvgIpc) is 2.16. The normalized spacial score (nSPS) is 13.6. The van der Waals surface area contributed by atoms with Gasteiger partial charge in [0.2, 0.25) is 0 Å². The van der Waals surface area contributed by atoms with Gasteiger partial charge >= 0.3 is 0 Å². The van der Waals surface area contributed by atoms with Crippen molar-refractivity contribution in [3.63, 3.8) is 0 Å². The zero-order valence-electron chi connectivity index (χ0n) is 9.69. The van der Waals surface area contributed by atoms with Gasteiger partial charge in [-0.05, 0) is 25.9 Å². The van der Waals surface area contributed by atoms with E-state index in [1.54, 1.807) is 0 Å². The summed E-state index contributed by atoms with van der Waals surface area (Å²) in [6, 6.07) is 0.598. The van der Waals surface area contributed by atoms with E-state index in [1.807, 2.05) is 0 Å². The van der Waals surface area contributed by atoms with Crippen molar-refractivity contribution in [3.05, 3.63) is 0 Å². The molecule has 0 aromatic carbocycles. The number of nitrogens with one attached hydrogen (secondary N) is 2. The monoisotopic (exact) mass is 186 g/mol. The predicted octanol–water partition coefficient (Wildman–Crippen LogP) is 2.01. The third-order valence-electron chi connectivity index (χ3n) is 2.61. The van der Waals surface area contributed by atoms with Crippen molar-refractivity contribution >= 4 is 0 Å². The van der Waals surface area contributed by atoms with Gasteiger partial charge in [-0.3, -0.25) is 0 Å². The van der Waals surface area contributed by atoms with Crippen LogP contribution in [0.5, 0.6) is 0 Å². The maximum Gasteiger partial charge on any atom is 0.0164 e. The van der Waals surface area contributed by atoms with Gasteiger partial charge in [-0.15, -0.1) is 0 Å². The molecule has 0 radical (unpaired) electrons. The highest BCUT2D eigenvalue weighted by Crippen LogP contribution is 2.05. The van der Waals surface area contributed by atoms with Gasteiger partial charge in [0, 0.05) is 12.6 Å². The predicted molar refractivity (Wildman–Crippen MR) is 60.1 cm³/mol. The fourth-order valence-corrected chi connectivity index (χ4v) is 1.38. The van der Waals surface area contributed by atoms with Crippen LogP contribution in [0.1, 0.15) is 40.5 Å². The molecule has 1 atom stereocenters. The largest absolute Gasteiger partial charge is 0.315 e. The highest BCUT2D eigenvalue weighted by atomic mass is 15.0. The van der Waals surface area contributed by atoms with Crippen molar-refractivity contribution < 1.29 is 0 Å². The van der Waals surface area contributed by atoms with Gasteiger partial charge in [0.1, 0.15) is 0 Å². The van der Waals surface area contributed by atoms with Crippen LogP contribution in [-0.4, -0.2) is 25.7 Å². The molecule has 0 aromatic heterocycles. The molecule has 0 saturated heterocycles. The minimum atomic E-state index is 0.598. The van der Waals surface area contributed by atoms with Gasteiger partial charge in [0.25, 0.3) is 0 Å². The number of hydrogen-bond donors (Lipinski definition) is 2. The summed E-state index contributed by atoms with van der Waals surface area (Å²) in [6.07, 6.45) is 2.58. The maximum absolute atomic E-state index is 3.56. The van der Waals surface area contributed by atoms with Crippen LogP contribution in [0.25, 0.3) is 0 Å². The molecule has 0 bridgehead atoms. The lowest BCUT2D eigenvalue weighted by Gasteiger charge is -2.18. The molecule has 0 fully saturated rings. The zero-order chi connectivity index (χ0) is 10.1. The van der Waals surface area contributed by atoms with E-state index in [2.05, 4.69) is 38.3 Å². The fraction of sp³-hybridized carbons (Fsp3) is 1.00. The van der Waals surface area contributed by atoms with Crippen LogP contribution in [0.4, 0.5) is 0 Å². The Morgan fingerprint density at radius 1 is 1.00 bits per heavy atom. The van der Waals surface area contributed by atoms with Crippen LogP contribution in [0.2, 0.25) is 0 Å². The first kappa shape index (κ1) is 12.9. The van der Waals surface area contributed by atoms with Crippen LogP contribution in [0.15, 0.2) is 0 Å². The summed E-state index contributed by atoms with van der Waals surface area (Å²) in [7, 11) is 0. The smallest absolute Gasteiger partial charge is 0.0164 e. The lowest BCUT2D eigenvalue weighted by Crippen LogP contribution is -2.38. The van der Waals surface area contributed by atoms with Gasteiger partial charge in [0.05, 0.1) is 0 Å². The molecule has 0 heterocycles. The Kier molecular flexibility index (Phi) is 8.46. The Labute approximate surface area is 83.5 Å². The van der Waals surface area contributed by atoms with E-state index < -0.39 is 0 Å². The fourth-order valence-electron chi connectivity index (χ4n) is 1.38. The van der Waals surface area contributed by atoms with Gasteiger partial charge in [0.15, 0.2) is 0 Å². The minimum absolute atomic E-state index is 0.598. The summed E-state index contributed by atoms with van der Waals surface area (Å²) in [5.74, 6) is 0.851. The van der Waals surface area contributed by atoms with Crippen molar-refractivity contribution in [2.24, 2.45) is 5.92 Å². The SMILES string of the molecule is CCNCC(C)NCC(CC)CC. The van der Waals surface area contributed by atoms with Gasteiger partial charge in [-0.25, -0.2) is 0 Å². The second-order valence-electron chi connectivity index (χ2n) is 3.80. The van der Waals surface area contributed by atoms with Crippen molar-refractivity contribution in [2.45, 2.75) is 46.6 Å². The molecule has 0 aromatic rings. The Bertz CT molecular complexity index is 100. The lowest BCUT2D eigenvalue weighted by atomic mass is 10.0. The van der Waals surface area contributed by atoms with E-state index in [0.717, 1.165) is 19.0 Å². The molecule has 0 aliphatic heterocycles. The second kappa shape index (κ2) is 8.52. The van der Waals surface area contributed by atoms with E-state index in [9.17, 15) is 0 Å². The third kappa shape index (κ3) is 7.03. The first-order valence-corrected chi connectivity index (χ1v) is 5.68. The molecule has 2 N–H and O–H groups in total. The Balaban J connectivity index is 3.38. The molecule has 13 heavy (non-hydrogen) atoms. The highest BCUT2D eigenvalue weighted by Gasteiger charge is 2.05. The van der Waals surface area contributed by atoms with E-state index in [1.165, 1.54) is 19.4 Å².